The van der Waals surface area contributed by atoms with E-state index in [2.05, 4.69) is 10.5 Å². The average molecular weight is 223 g/mol. The second-order valence-corrected chi connectivity index (χ2v) is 4.31. The smallest absolute Gasteiger partial charge is 0.276 e. The van der Waals surface area contributed by atoms with Crippen LogP contribution >= 0.6 is 0 Å². The predicted molar refractivity (Wildman–Crippen MR) is 59.4 cm³/mol. The number of carbonyl (C=O) groups excluding carboxylic acids is 1. The molecule has 0 spiro atoms. The molecule has 1 amide bonds. The van der Waals surface area contributed by atoms with Crippen molar-refractivity contribution in [2.75, 3.05) is 26.2 Å². The van der Waals surface area contributed by atoms with Crippen LogP contribution in [0.25, 0.3) is 0 Å². The molecule has 0 unspecified atom stereocenters. The molecule has 5 nitrogen and oxygen atoms in total. The average Bonchev–Trinajstić information content (AvgIpc) is 2.78. The Bertz CT molecular complexity index is 367. The van der Waals surface area contributed by atoms with E-state index in [0.717, 1.165) is 31.9 Å². The molecule has 1 saturated heterocycles. The third-order valence-corrected chi connectivity index (χ3v) is 2.72. The molecule has 0 atom stereocenters. The SMILES string of the molecule is CC(C)c1cc(C(=O)N2CCNCC2)no1. The summed E-state index contributed by atoms with van der Waals surface area (Å²) in [5.74, 6) is 0.993. The Balaban J connectivity index is 2.07. The molecule has 16 heavy (non-hydrogen) atoms. The molecule has 2 heterocycles. The van der Waals surface area contributed by atoms with E-state index in [4.69, 9.17) is 4.52 Å². The van der Waals surface area contributed by atoms with Crippen molar-refractivity contribution in [3.63, 3.8) is 0 Å². The van der Waals surface area contributed by atoms with E-state index in [0.29, 0.717) is 5.69 Å². The highest BCUT2D eigenvalue weighted by atomic mass is 16.5. The lowest BCUT2D eigenvalue weighted by Gasteiger charge is -2.26. The van der Waals surface area contributed by atoms with E-state index in [1.54, 1.807) is 11.0 Å². The number of carbonyl (C=O) groups is 1. The van der Waals surface area contributed by atoms with E-state index < -0.39 is 0 Å². The van der Waals surface area contributed by atoms with Crippen molar-refractivity contribution in [1.82, 2.24) is 15.4 Å². The van der Waals surface area contributed by atoms with Crippen LogP contribution in [0.4, 0.5) is 0 Å². The van der Waals surface area contributed by atoms with E-state index >= 15 is 0 Å². The molecule has 1 fully saturated rings. The molecule has 0 bridgehead atoms. The van der Waals surface area contributed by atoms with Crippen molar-refractivity contribution >= 4 is 5.91 Å². The van der Waals surface area contributed by atoms with Gasteiger partial charge in [0.25, 0.3) is 5.91 Å². The number of nitrogens with one attached hydrogen (secondary N) is 1. The van der Waals surface area contributed by atoms with Gasteiger partial charge < -0.3 is 14.7 Å². The molecule has 5 heteroatoms. The van der Waals surface area contributed by atoms with Gasteiger partial charge in [0.1, 0.15) is 5.76 Å². The van der Waals surface area contributed by atoms with E-state index in [1.807, 2.05) is 13.8 Å². The van der Waals surface area contributed by atoms with Crippen molar-refractivity contribution in [3.05, 3.63) is 17.5 Å². The minimum atomic E-state index is -0.0304. The summed E-state index contributed by atoms with van der Waals surface area (Å²) in [6.07, 6.45) is 0. The second kappa shape index (κ2) is 4.65. The highest BCUT2D eigenvalue weighted by Gasteiger charge is 2.21. The molecule has 0 aromatic carbocycles. The molecule has 1 aromatic heterocycles. The Morgan fingerprint density at radius 3 is 2.75 bits per heavy atom. The van der Waals surface area contributed by atoms with Crippen LogP contribution in [0.3, 0.4) is 0 Å². The van der Waals surface area contributed by atoms with Crippen LogP contribution in [0, 0.1) is 0 Å². The second-order valence-electron chi connectivity index (χ2n) is 4.31. The first-order chi connectivity index (χ1) is 7.68. The van der Waals surface area contributed by atoms with Crippen LogP contribution in [0.15, 0.2) is 10.6 Å². The van der Waals surface area contributed by atoms with Gasteiger partial charge in [0.2, 0.25) is 0 Å². The van der Waals surface area contributed by atoms with E-state index in [1.165, 1.54) is 0 Å². The number of hydrogen-bond donors (Lipinski definition) is 1. The first-order valence-electron chi connectivity index (χ1n) is 5.65. The van der Waals surface area contributed by atoms with Crippen molar-refractivity contribution in [2.45, 2.75) is 19.8 Å². The maximum atomic E-state index is 12.0. The van der Waals surface area contributed by atoms with Crippen LogP contribution in [-0.2, 0) is 0 Å². The Labute approximate surface area is 94.8 Å². The Morgan fingerprint density at radius 1 is 1.50 bits per heavy atom. The molecular weight excluding hydrogens is 206 g/mol. The number of amides is 1. The highest BCUT2D eigenvalue weighted by molar-refractivity contribution is 5.92. The summed E-state index contributed by atoms with van der Waals surface area (Å²) in [6.45, 7) is 7.20. The summed E-state index contributed by atoms with van der Waals surface area (Å²) < 4.78 is 5.12. The van der Waals surface area contributed by atoms with Crippen LogP contribution in [0.1, 0.15) is 36.0 Å². The summed E-state index contributed by atoms with van der Waals surface area (Å²) in [7, 11) is 0. The summed E-state index contributed by atoms with van der Waals surface area (Å²) in [5, 5.41) is 7.03. The van der Waals surface area contributed by atoms with Gasteiger partial charge in [-0.05, 0) is 0 Å². The minimum absolute atomic E-state index is 0.0304. The summed E-state index contributed by atoms with van der Waals surface area (Å²) in [4.78, 5) is 13.8. The van der Waals surface area contributed by atoms with Crippen LogP contribution in [0.2, 0.25) is 0 Å². The maximum Gasteiger partial charge on any atom is 0.276 e. The molecule has 1 N–H and O–H groups in total. The molecular formula is C11H17N3O2. The third-order valence-electron chi connectivity index (χ3n) is 2.72. The lowest BCUT2D eigenvalue weighted by Crippen LogP contribution is -2.46. The van der Waals surface area contributed by atoms with Gasteiger partial charge in [-0.2, -0.15) is 0 Å². The molecule has 88 valence electrons. The largest absolute Gasteiger partial charge is 0.360 e. The molecule has 1 aromatic rings. The Morgan fingerprint density at radius 2 is 2.19 bits per heavy atom. The lowest BCUT2D eigenvalue weighted by atomic mass is 10.1. The Kier molecular flexibility index (Phi) is 3.24. The fourth-order valence-electron chi connectivity index (χ4n) is 1.69. The molecule has 0 aliphatic carbocycles. The molecule has 2 rings (SSSR count). The topological polar surface area (TPSA) is 58.4 Å². The van der Waals surface area contributed by atoms with Gasteiger partial charge >= 0.3 is 0 Å². The van der Waals surface area contributed by atoms with Crippen LogP contribution in [-0.4, -0.2) is 42.1 Å². The zero-order chi connectivity index (χ0) is 11.5. The maximum absolute atomic E-state index is 12.0. The van der Waals surface area contributed by atoms with Crippen LogP contribution in [0.5, 0.6) is 0 Å². The van der Waals surface area contributed by atoms with Gasteiger partial charge in [-0.25, -0.2) is 0 Å². The fourth-order valence-corrected chi connectivity index (χ4v) is 1.69. The molecule has 0 radical (unpaired) electrons. The van der Waals surface area contributed by atoms with Crippen molar-refractivity contribution in [3.8, 4) is 0 Å². The summed E-state index contributed by atoms with van der Waals surface area (Å²) in [5.41, 5.74) is 0.422. The molecule has 1 aliphatic heterocycles. The van der Waals surface area contributed by atoms with Gasteiger partial charge in [-0.15, -0.1) is 0 Å². The number of nitrogens with zero attached hydrogens (tertiary/aromatic N) is 2. The zero-order valence-electron chi connectivity index (χ0n) is 9.69. The monoisotopic (exact) mass is 223 g/mol. The van der Waals surface area contributed by atoms with Crippen molar-refractivity contribution in [2.24, 2.45) is 0 Å². The van der Waals surface area contributed by atoms with Gasteiger partial charge in [0, 0.05) is 38.2 Å². The molecule has 1 aliphatic rings. The summed E-state index contributed by atoms with van der Waals surface area (Å²) >= 11 is 0. The predicted octanol–water partition coefficient (Wildman–Crippen LogP) is 0.843. The highest BCUT2D eigenvalue weighted by Crippen LogP contribution is 2.16. The van der Waals surface area contributed by atoms with Crippen LogP contribution < -0.4 is 5.32 Å². The standard InChI is InChI=1S/C11H17N3O2/c1-8(2)10-7-9(13-16-10)11(15)14-5-3-12-4-6-14/h7-8,12H,3-6H2,1-2H3. The number of aromatic nitrogens is 1. The molecule has 0 saturated carbocycles. The van der Waals surface area contributed by atoms with Crippen molar-refractivity contribution < 1.29 is 9.32 Å². The third kappa shape index (κ3) is 2.24. The number of hydrogen-bond acceptors (Lipinski definition) is 4. The van der Waals surface area contributed by atoms with Crippen molar-refractivity contribution in [1.29, 1.82) is 0 Å². The van der Waals surface area contributed by atoms with Gasteiger partial charge in [-0.3, -0.25) is 4.79 Å². The van der Waals surface area contributed by atoms with E-state index in [9.17, 15) is 4.79 Å². The zero-order valence-corrected chi connectivity index (χ0v) is 9.69. The quantitative estimate of drug-likeness (QED) is 0.807. The van der Waals surface area contributed by atoms with Gasteiger partial charge in [0.05, 0.1) is 0 Å². The normalized spacial score (nSPS) is 16.8. The number of rotatable bonds is 2. The fraction of sp³-hybridized carbons (Fsp3) is 0.636. The summed E-state index contributed by atoms with van der Waals surface area (Å²) in [6, 6.07) is 1.75. The first kappa shape index (κ1) is 11.1. The number of piperazine rings is 1. The minimum Gasteiger partial charge on any atom is -0.360 e. The first-order valence-corrected chi connectivity index (χ1v) is 5.65. The lowest BCUT2D eigenvalue weighted by molar-refractivity contribution is 0.0725. The Hall–Kier alpha value is -1.36. The van der Waals surface area contributed by atoms with Gasteiger partial charge in [0.15, 0.2) is 5.69 Å². The van der Waals surface area contributed by atoms with Gasteiger partial charge in [-0.1, -0.05) is 19.0 Å². The van der Waals surface area contributed by atoms with E-state index in [-0.39, 0.29) is 11.8 Å².